The lowest BCUT2D eigenvalue weighted by Crippen LogP contribution is -2.42. The zero-order valence-corrected chi connectivity index (χ0v) is 13.3. The predicted octanol–water partition coefficient (Wildman–Crippen LogP) is 2.62. The fourth-order valence-electron chi connectivity index (χ4n) is 2.21. The summed E-state index contributed by atoms with van der Waals surface area (Å²) in [5, 5.41) is 2.84. The van der Waals surface area contributed by atoms with Crippen LogP contribution in [-0.4, -0.2) is 22.3 Å². The molecule has 1 atom stereocenters. The zero-order valence-electron chi connectivity index (χ0n) is 13.3. The van der Waals surface area contributed by atoms with E-state index in [1.807, 2.05) is 31.2 Å². The second kappa shape index (κ2) is 6.94. The maximum atomic E-state index is 12.7. The Labute approximate surface area is 136 Å². The van der Waals surface area contributed by atoms with Crippen molar-refractivity contribution in [2.45, 2.75) is 32.5 Å². The molecule has 0 amide bonds. The maximum absolute atomic E-state index is 12.7. The van der Waals surface area contributed by atoms with Gasteiger partial charge in [0.1, 0.15) is 11.9 Å². The molecule has 5 nitrogen and oxygen atoms in total. The lowest BCUT2D eigenvalue weighted by atomic mass is 10.1. The van der Waals surface area contributed by atoms with Crippen molar-refractivity contribution in [3.63, 3.8) is 0 Å². The number of aryl methyl sites for hydroxylation is 1. The van der Waals surface area contributed by atoms with Crippen LogP contribution >= 0.6 is 0 Å². The number of alkyl halides is 3. The van der Waals surface area contributed by atoms with Crippen LogP contribution in [0.15, 0.2) is 39.9 Å². The molecule has 0 aliphatic rings. The van der Waals surface area contributed by atoms with E-state index in [1.54, 1.807) is 0 Å². The summed E-state index contributed by atoms with van der Waals surface area (Å²) in [5.41, 5.74) is 0.111. The van der Waals surface area contributed by atoms with E-state index in [0.717, 1.165) is 24.1 Å². The summed E-state index contributed by atoms with van der Waals surface area (Å²) in [4.78, 5) is 25.9. The van der Waals surface area contributed by atoms with Crippen LogP contribution in [0.5, 0.6) is 0 Å². The van der Waals surface area contributed by atoms with Crippen LogP contribution in [0.2, 0.25) is 0 Å². The van der Waals surface area contributed by atoms with E-state index in [-0.39, 0.29) is 10.4 Å². The second-order valence-corrected chi connectivity index (χ2v) is 5.58. The molecule has 2 aromatic rings. The molecule has 0 fully saturated rings. The zero-order chi connectivity index (χ0) is 17.9. The second-order valence-electron chi connectivity index (χ2n) is 5.58. The van der Waals surface area contributed by atoms with Crippen molar-refractivity contribution in [2.24, 2.45) is 0 Å². The van der Waals surface area contributed by atoms with Gasteiger partial charge in [-0.1, -0.05) is 29.8 Å². The number of rotatable bonds is 5. The Morgan fingerprint density at radius 1 is 1.21 bits per heavy atom. The smallest absolute Gasteiger partial charge is 0.371 e. The number of hydrogen-bond donors (Lipinski definition) is 2. The summed E-state index contributed by atoms with van der Waals surface area (Å²) >= 11 is 0. The summed E-state index contributed by atoms with van der Waals surface area (Å²) in [5.74, 6) is 0.0998. The van der Waals surface area contributed by atoms with Gasteiger partial charge in [-0.05, 0) is 25.8 Å². The van der Waals surface area contributed by atoms with Gasteiger partial charge in [-0.2, -0.15) is 13.2 Å². The summed E-state index contributed by atoms with van der Waals surface area (Å²) < 4.78 is 38.2. The molecule has 0 saturated heterocycles. The molecule has 24 heavy (non-hydrogen) atoms. The first kappa shape index (κ1) is 17.8. The number of nitrogens with zero attached hydrogens (tertiary/aromatic N) is 1. The van der Waals surface area contributed by atoms with Crippen LogP contribution < -0.4 is 16.6 Å². The third kappa shape index (κ3) is 4.27. The molecule has 0 saturated carbocycles. The van der Waals surface area contributed by atoms with Crippen LogP contribution in [0.3, 0.4) is 0 Å². The van der Waals surface area contributed by atoms with E-state index in [0.29, 0.717) is 13.0 Å². The largest absolute Gasteiger partial charge is 0.409 e. The molecule has 0 radical (unpaired) electrons. The molecule has 0 aliphatic carbocycles. The van der Waals surface area contributed by atoms with E-state index in [9.17, 15) is 22.8 Å². The van der Waals surface area contributed by atoms with Gasteiger partial charge in [0.2, 0.25) is 0 Å². The molecule has 2 rings (SSSR count). The summed E-state index contributed by atoms with van der Waals surface area (Å²) in [6, 6.07) is 6.63. The van der Waals surface area contributed by atoms with Crippen molar-refractivity contribution in [2.75, 3.05) is 11.9 Å². The molecular formula is C16H18F3N3O2. The SMILES string of the molecule is Cc1ccc(CCNc2cc(=O)n(C(C)C(F)(F)F)c(=O)[nH]2)cc1. The van der Waals surface area contributed by atoms with Crippen LogP contribution in [0.4, 0.5) is 19.0 Å². The average molecular weight is 341 g/mol. The van der Waals surface area contributed by atoms with E-state index in [2.05, 4.69) is 10.3 Å². The molecule has 130 valence electrons. The minimum absolute atomic E-state index is 0.0998. The Hall–Kier alpha value is -2.51. The number of anilines is 1. The van der Waals surface area contributed by atoms with E-state index in [4.69, 9.17) is 0 Å². The molecule has 1 heterocycles. The fourth-order valence-corrected chi connectivity index (χ4v) is 2.21. The van der Waals surface area contributed by atoms with E-state index < -0.39 is 23.5 Å². The summed E-state index contributed by atoms with van der Waals surface area (Å²) in [6.07, 6.45) is -4.03. The highest BCUT2D eigenvalue weighted by Gasteiger charge is 2.39. The van der Waals surface area contributed by atoms with Gasteiger partial charge in [0, 0.05) is 12.6 Å². The number of hydrogen-bond acceptors (Lipinski definition) is 3. The summed E-state index contributed by atoms with van der Waals surface area (Å²) in [6.45, 7) is 3.17. The van der Waals surface area contributed by atoms with Crippen LogP contribution in [-0.2, 0) is 6.42 Å². The third-order valence-corrected chi connectivity index (χ3v) is 3.68. The normalized spacial score (nSPS) is 12.9. The minimum Gasteiger partial charge on any atom is -0.371 e. The lowest BCUT2D eigenvalue weighted by Gasteiger charge is -2.17. The van der Waals surface area contributed by atoms with Crippen molar-refractivity contribution >= 4 is 5.82 Å². The number of nitrogens with one attached hydrogen (secondary N) is 2. The van der Waals surface area contributed by atoms with Crippen molar-refractivity contribution in [3.8, 4) is 0 Å². The number of aromatic nitrogens is 2. The lowest BCUT2D eigenvalue weighted by molar-refractivity contribution is -0.164. The maximum Gasteiger partial charge on any atom is 0.409 e. The number of aromatic amines is 1. The van der Waals surface area contributed by atoms with Gasteiger partial charge in [-0.25, -0.2) is 9.36 Å². The average Bonchev–Trinajstić information content (AvgIpc) is 2.47. The van der Waals surface area contributed by atoms with Crippen molar-refractivity contribution < 1.29 is 13.2 Å². The Bertz CT molecular complexity index is 776. The third-order valence-electron chi connectivity index (χ3n) is 3.68. The van der Waals surface area contributed by atoms with Crippen molar-refractivity contribution in [3.05, 3.63) is 62.3 Å². The van der Waals surface area contributed by atoms with Gasteiger partial charge in [0.15, 0.2) is 0 Å². The molecular weight excluding hydrogens is 323 g/mol. The molecule has 1 unspecified atom stereocenters. The van der Waals surface area contributed by atoms with Gasteiger partial charge in [0.05, 0.1) is 0 Å². The molecule has 8 heteroatoms. The number of H-pyrrole nitrogens is 1. The Morgan fingerprint density at radius 3 is 2.38 bits per heavy atom. The number of benzene rings is 1. The van der Waals surface area contributed by atoms with Gasteiger partial charge >= 0.3 is 11.9 Å². The molecule has 0 aliphatic heterocycles. The first-order valence-corrected chi connectivity index (χ1v) is 7.40. The fraction of sp³-hybridized carbons (Fsp3) is 0.375. The molecule has 0 bridgehead atoms. The van der Waals surface area contributed by atoms with Gasteiger partial charge < -0.3 is 5.32 Å². The molecule has 1 aromatic carbocycles. The van der Waals surface area contributed by atoms with Crippen molar-refractivity contribution in [1.82, 2.24) is 9.55 Å². The van der Waals surface area contributed by atoms with E-state index in [1.165, 1.54) is 0 Å². The minimum atomic E-state index is -4.67. The monoisotopic (exact) mass is 341 g/mol. The highest BCUT2D eigenvalue weighted by Crippen LogP contribution is 2.27. The Kier molecular flexibility index (Phi) is 5.16. The van der Waals surface area contributed by atoms with Crippen molar-refractivity contribution in [1.29, 1.82) is 0 Å². The molecule has 1 aromatic heterocycles. The highest BCUT2D eigenvalue weighted by atomic mass is 19.4. The first-order chi connectivity index (χ1) is 11.2. The Balaban J connectivity index is 2.09. The quantitative estimate of drug-likeness (QED) is 0.879. The van der Waals surface area contributed by atoms with E-state index >= 15 is 0 Å². The molecule has 2 N–H and O–H groups in total. The molecule has 0 spiro atoms. The first-order valence-electron chi connectivity index (χ1n) is 7.40. The predicted molar refractivity (Wildman–Crippen MR) is 85.5 cm³/mol. The summed E-state index contributed by atoms with van der Waals surface area (Å²) in [7, 11) is 0. The number of halogens is 3. The Morgan fingerprint density at radius 2 is 1.83 bits per heavy atom. The van der Waals surface area contributed by atoms with Crippen LogP contribution in [0.1, 0.15) is 24.1 Å². The van der Waals surface area contributed by atoms with Crippen LogP contribution in [0, 0.1) is 6.92 Å². The van der Waals surface area contributed by atoms with Gasteiger partial charge in [-0.3, -0.25) is 9.78 Å². The highest BCUT2D eigenvalue weighted by molar-refractivity contribution is 5.32. The van der Waals surface area contributed by atoms with Gasteiger partial charge in [0.25, 0.3) is 5.56 Å². The topological polar surface area (TPSA) is 66.9 Å². The van der Waals surface area contributed by atoms with Crippen LogP contribution in [0.25, 0.3) is 0 Å². The van der Waals surface area contributed by atoms with Gasteiger partial charge in [-0.15, -0.1) is 0 Å². The standard InChI is InChI=1S/C16H18F3N3O2/c1-10-3-5-12(6-4-10)7-8-20-13-9-14(23)22(15(24)21-13)11(2)16(17,18)19/h3-6,9,11,20H,7-8H2,1-2H3,(H,21,24).